The molecule has 3 N–H and O–H groups in total. The molecule has 0 unspecified atom stereocenters. The third-order valence-corrected chi connectivity index (χ3v) is 9.14. The number of phenolic OH excluding ortho intramolecular Hbond substituents is 3. The summed E-state index contributed by atoms with van der Waals surface area (Å²) in [6.45, 7) is 18.9. The smallest absolute Gasteiger partial charge is 0.185 e. The van der Waals surface area contributed by atoms with Crippen molar-refractivity contribution in [2.24, 2.45) is 0 Å². The third kappa shape index (κ3) is 6.49. The minimum Gasteiger partial charge on any atom is -0.507 e. The van der Waals surface area contributed by atoms with Crippen LogP contribution < -0.4 is 0 Å². The van der Waals surface area contributed by atoms with Crippen LogP contribution in [0.5, 0.6) is 17.2 Å². The van der Waals surface area contributed by atoms with Crippen LogP contribution in [0.15, 0.2) is 59.7 Å². The van der Waals surface area contributed by atoms with Crippen molar-refractivity contribution in [1.29, 1.82) is 0 Å². The average molecular weight is 607 g/mol. The second-order valence-corrected chi connectivity index (χ2v) is 16.0. The summed E-state index contributed by atoms with van der Waals surface area (Å²) < 4.78 is 0. The number of Topliss-reactive ketones (excluding diaryl/α,β-unsaturated/α-hetero) is 1. The molecule has 0 aromatic heterocycles. The fraction of sp³-hybridized carbons (Fsp3) is 0.400. The summed E-state index contributed by atoms with van der Waals surface area (Å²) in [6, 6.07) is 11.8. The number of fused-ring (bicyclic) bond motifs is 8. The Morgan fingerprint density at radius 2 is 0.689 bits per heavy atom. The lowest BCUT2D eigenvalue weighted by Crippen LogP contribution is -2.19. The molecule has 236 valence electrons. The van der Waals surface area contributed by atoms with Gasteiger partial charge in [-0.3, -0.25) is 9.59 Å². The molecule has 0 saturated heterocycles. The summed E-state index contributed by atoms with van der Waals surface area (Å²) in [6.07, 6.45) is 3.43. The number of benzene rings is 3. The number of ketones is 2. The van der Waals surface area contributed by atoms with E-state index in [2.05, 4.69) is 62.3 Å². The predicted octanol–water partition coefficient (Wildman–Crippen LogP) is 7.98. The Balaban J connectivity index is 1.83. The monoisotopic (exact) mass is 606 g/mol. The Hall–Kier alpha value is -4.12. The highest BCUT2D eigenvalue weighted by atomic mass is 16.3. The van der Waals surface area contributed by atoms with E-state index < -0.39 is 0 Å². The molecule has 0 radical (unpaired) electrons. The Labute approximate surface area is 267 Å². The highest BCUT2D eigenvalue weighted by Crippen LogP contribution is 2.41. The Morgan fingerprint density at radius 3 is 0.933 bits per heavy atom. The molecule has 0 spiro atoms. The first-order chi connectivity index (χ1) is 20.7. The van der Waals surface area contributed by atoms with Crippen molar-refractivity contribution < 1.29 is 24.9 Å². The lowest BCUT2D eigenvalue weighted by atomic mass is 9.79. The molecule has 0 saturated carbocycles. The average Bonchev–Trinajstić information content (AvgIpc) is 2.90. The zero-order chi connectivity index (χ0) is 33.2. The first-order valence-corrected chi connectivity index (χ1v) is 15.8. The van der Waals surface area contributed by atoms with Crippen molar-refractivity contribution in [2.45, 2.75) is 104 Å². The molecule has 5 rings (SSSR count). The van der Waals surface area contributed by atoms with Gasteiger partial charge >= 0.3 is 0 Å². The van der Waals surface area contributed by atoms with E-state index in [1.165, 1.54) is 12.2 Å². The fourth-order valence-electron chi connectivity index (χ4n) is 6.19. The normalized spacial score (nSPS) is 15.9. The number of rotatable bonds is 0. The maximum Gasteiger partial charge on any atom is 0.185 e. The number of hydrogen-bond donors (Lipinski definition) is 3. The second-order valence-electron chi connectivity index (χ2n) is 16.0. The number of carbonyl (C=O) groups is 2. The molecule has 2 aliphatic rings. The van der Waals surface area contributed by atoms with Gasteiger partial charge in [-0.1, -0.05) is 98.7 Å². The van der Waals surface area contributed by atoms with Crippen molar-refractivity contribution >= 4 is 11.6 Å². The number of allylic oxidation sites excluding steroid dienone is 4. The van der Waals surface area contributed by atoms with Gasteiger partial charge in [-0.25, -0.2) is 0 Å². The molecule has 45 heavy (non-hydrogen) atoms. The van der Waals surface area contributed by atoms with Crippen LogP contribution in [-0.2, 0) is 51.5 Å². The molecule has 3 aromatic rings. The van der Waals surface area contributed by atoms with Gasteiger partial charge in [0.1, 0.15) is 17.2 Å². The van der Waals surface area contributed by atoms with Crippen LogP contribution in [0, 0.1) is 0 Å². The molecule has 0 aliphatic heterocycles. The maximum atomic E-state index is 13.9. The molecule has 0 fully saturated rings. The van der Waals surface area contributed by atoms with E-state index in [9.17, 15) is 24.9 Å². The maximum absolute atomic E-state index is 13.9. The molecule has 8 bridgehead atoms. The molecular weight excluding hydrogens is 560 g/mol. The van der Waals surface area contributed by atoms with E-state index in [0.29, 0.717) is 44.5 Å². The quantitative estimate of drug-likeness (QED) is 0.226. The van der Waals surface area contributed by atoms with E-state index in [1.54, 1.807) is 0 Å². The summed E-state index contributed by atoms with van der Waals surface area (Å²) in [7, 11) is 0. The molecule has 0 heterocycles. The van der Waals surface area contributed by atoms with Gasteiger partial charge in [0.2, 0.25) is 0 Å². The predicted molar refractivity (Wildman–Crippen MR) is 180 cm³/mol. The van der Waals surface area contributed by atoms with Gasteiger partial charge in [-0.2, -0.15) is 0 Å². The van der Waals surface area contributed by atoms with Crippen LogP contribution in [0.4, 0.5) is 0 Å². The van der Waals surface area contributed by atoms with Crippen LogP contribution in [0.25, 0.3) is 0 Å². The van der Waals surface area contributed by atoms with Gasteiger partial charge in [0.05, 0.1) is 0 Å². The number of aromatic hydroxyl groups is 3. The summed E-state index contributed by atoms with van der Waals surface area (Å²) in [5, 5.41) is 35.1. The zero-order valence-electron chi connectivity index (χ0n) is 28.1. The van der Waals surface area contributed by atoms with Crippen LogP contribution in [0.2, 0.25) is 0 Å². The molecule has 3 aromatic carbocycles. The Morgan fingerprint density at radius 1 is 0.444 bits per heavy atom. The highest BCUT2D eigenvalue weighted by Gasteiger charge is 2.29. The Bertz CT molecular complexity index is 1680. The molecule has 5 heteroatoms. The van der Waals surface area contributed by atoms with Gasteiger partial charge in [0.15, 0.2) is 11.6 Å². The molecular formula is C40H46O5. The van der Waals surface area contributed by atoms with Gasteiger partial charge in [0, 0.05) is 36.8 Å². The van der Waals surface area contributed by atoms with Crippen LogP contribution in [0.3, 0.4) is 0 Å². The summed E-state index contributed by atoms with van der Waals surface area (Å²) in [4.78, 5) is 26.8. The summed E-state index contributed by atoms with van der Waals surface area (Å²) in [5.74, 6) is -0.279. The van der Waals surface area contributed by atoms with Gasteiger partial charge in [-0.05, 0) is 78.5 Å². The lowest BCUT2D eigenvalue weighted by molar-refractivity contribution is -0.115. The number of carbonyl (C=O) groups excluding carboxylic acids is 2. The third-order valence-electron chi connectivity index (χ3n) is 9.14. The highest BCUT2D eigenvalue weighted by molar-refractivity contribution is 6.20. The summed E-state index contributed by atoms with van der Waals surface area (Å²) >= 11 is 0. The largest absolute Gasteiger partial charge is 0.507 e. The standard InChI is InChI=1S/C40H46O5/c1-38(2,3)30-14-22-10-24-16-31(39(4,5)6)18-26(35(24)43)12-28-20-33(41)21-29(37(28)45)13-27-19-32(40(7,8)9)17-25(36(27)44)11-23(15-30)34(22)42/h14-21,42-44H,10-13H2,1-9H3. The van der Waals surface area contributed by atoms with Crippen molar-refractivity contribution in [3.63, 3.8) is 0 Å². The SMILES string of the molecule is CC(C)(C)c1cc2c(O)c(c1)Cc1cc(C(C)(C)C)cc(c1O)Cc1cc(C(C)(C)C)cc(c1O)CC1=CC(=O)C=C(C2)C1=O. The van der Waals surface area contributed by atoms with Crippen molar-refractivity contribution in [3.8, 4) is 17.2 Å². The van der Waals surface area contributed by atoms with Crippen molar-refractivity contribution in [1.82, 2.24) is 0 Å². The van der Waals surface area contributed by atoms with Crippen LogP contribution in [-0.4, -0.2) is 26.9 Å². The first-order valence-electron chi connectivity index (χ1n) is 15.8. The molecule has 5 nitrogen and oxygen atoms in total. The van der Waals surface area contributed by atoms with Crippen LogP contribution in [0.1, 0.15) is 112 Å². The van der Waals surface area contributed by atoms with Crippen molar-refractivity contribution in [3.05, 3.63) is 110 Å². The second kappa shape index (κ2) is 11.0. The fourth-order valence-corrected chi connectivity index (χ4v) is 6.19. The first kappa shape index (κ1) is 32.3. The Kier molecular flexibility index (Phi) is 7.92. The minimum atomic E-state index is -0.284. The van der Waals surface area contributed by atoms with E-state index >= 15 is 0 Å². The molecule has 2 aliphatic carbocycles. The van der Waals surface area contributed by atoms with E-state index in [-0.39, 0.29) is 70.7 Å². The molecule has 0 atom stereocenters. The molecule has 0 amide bonds. The van der Waals surface area contributed by atoms with Crippen LogP contribution >= 0.6 is 0 Å². The van der Waals surface area contributed by atoms with Gasteiger partial charge in [-0.15, -0.1) is 0 Å². The topological polar surface area (TPSA) is 94.8 Å². The summed E-state index contributed by atoms with van der Waals surface area (Å²) in [5.41, 5.74) is 6.66. The van der Waals surface area contributed by atoms with Crippen molar-refractivity contribution in [2.75, 3.05) is 0 Å². The van der Waals surface area contributed by atoms with Gasteiger partial charge < -0.3 is 15.3 Å². The number of hydrogen-bond acceptors (Lipinski definition) is 5. The van der Waals surface area contributed by atoms with E-state index in [4.69, 9.17) is 0 Å². The van der Waals surface area contributed by atoms with Gasteiger partial charge in [0.25, 0.3) is 0 Å². The minimum absolute atomic E-state index is 0.0622. The lowest BCUT2D eigenvalue weighted by Gasteiger charge is -2.26. The van der Waals surface area contributed by atoms with E-state index in [0.717, 1.165) is 16.7 Å². The zero-order valence-corrected chi connectivity index (χ0v) is 28.1. The number of phenols is 3. The van der Waals surface area contributed by atoms with E-state index in [1.807, 2.05) is 36.4 Å².